The van der Waals surface area contributed by atoms with E-state index in [0.29, 0.717) is 6.61 Å². The number of hydrogen-bond donors (Lipinski definition) is 2. The van der Waals surface area contributed by atoms with Gasteiger partial charge in [-0.1, -0.05) is 0 Å². The van der Waals surface area contributed by atoms with Crippen LogP contribution >= 0.6 is 0 Å². The number of esters is 1. The summed E-state index contributed by atoms with van der Waals surface area (Å²) in [6.45, 7) is 1.50. The molecule has 0 bridgehead atoms. The van der Waals surface area contributed by atoms with Crippen LogP contribution in [-0.2, 0) is 9.53 Å². The molecule has 0 atom stereocenters. The minimum absolute atomic E-state index is 0. The first-order chi connectivity index (χ1) is 3.31. The highest BCUT2D eigenvalue weighted by Crippen LogP contribution is 1.71. The topological polar surface area (TPSA) is 81.5 Å². The molecule has 0 aromatic carbocycles. The Kier molecular flexibility index (Phi) is 8.30. The van der Waals surface area contributed by atoms with Crippen molar-refractivity contribution >= 4 is 5.97 Å². The number of carbonyl (C=O) groups excluding carboxylic acids is 1. The van der Waals surface area contributed by atoms with E-state index in [-0.39, 0.29) is 6.15 Å². The molecule has 50 valence electrons. The second-order valence-corrected chi connectivity index (χ2v) is 0.963. The molecule has 0 heterocycles. The number of ether oxygens (including phenoxy) is 1. The smallest absolute Gasteiger partial charge is 0.331 e. The maximum atomic E-state index is 9.94. The van der Waals surface area contributed by atoms with Gasteiger partial charge in [0.2, 0.25) is 0 Å². The predicted molar refractivity (Wildman–Crippen MR) is 28.7 cm³/mol. The van der Waals surface area contributed by atoms with Crippen LogP contribution in [0.15, 0.2) is 0 Å². The maximum absolute atomic E-state index is 9.94. The second kappa shape index (κ2) is 6.39. The highest BCUT2D eigenvalue weighted by atomic mass is 16.5. The lowest BCUT2D eigenvalue weighted by molar-refractivity contribution is -0.146. The summed E-state index contributed by atoms with van der Waals surface area (Å²) >= 11 is 0. The van der Waals surface area contributed by atoms with Crippen LogP contribution in [-0.4, -0.2) is 24.3 Å². The van der Waals surface area contributed by atoms with E-state index in [1.54, 1.807) is 6.92 Å². The van der Waals surface area contributed by atoms with Gasteiger partial charge in [-0.2, -0.15) is 0 Å². The third-order valence-electron chi connectivity index (χ3n) is 0.434. The van der Waals surface area contributed by atoms with E-state index in [4.69, 9.17) is 5.11 Å². The highest BCUT2D eigenvalue weighted by molar-refractivity contribution is 5.70. The minimum atomic E-state index is -0.567. The molecule has 0 saturated heterocycles. The molecule has 0 aromatic rings. The first-order valence-corrected chi connectivity index (χ1v) is 2.07. The summed E-state index contributed by atoms with van der Waals surface area (Å²) < 4.78 is 4.30. The lowest BCUT2D eigenvalue weighted by Gasteiger charge is -1.93. The zero-order chi connectivity index (χ0) is 5.70. The normalized spacial score (nSPS) is 7.25. The van der Waals surface area contributed by atoms with Gasteiger partial charge in [0.05, 0.1) is 6.61 Å². The second-order valence-electron chi connectivity index (χ2n) is 0.963. The summed E-state index contributed by atoms with van der Waals surface area (Å²) in [5.74, 6) is -0.567. The van der Waals surface area contributed by atoms with Crippen molar-refractivity contribution in [1.29, 1.82) is 0 Å². The van der Waals surface area contributed by atoms with Gasteiger partial charge < -0.3 is 16.0 Å². The molecule has 0 fully saturated rings. The van der Waals surface area contributed by atoms with E-state index < -0.39 is 12.6 Å². The average Bonchev–Trinajstić information content (AvgIpc) is 1.68. The number of hydrogen-bond acceptors (Lipinski definition) is 4. The lowest BCUT2D eigenvalue weighted by Crippen LogP contribution is -2.07. The van der Waals surface area contributed by atoms with Crippen LogP contribution in [0.2, 0.25) is 0 Å². The van der Waals surface area contributed by atoms with Gasteiger partial charge in [0.15, 0.2) is 0 Å². The first kappa shape index (κ1) is 10.4. The van der Waals surface area contributed by atoms with Gasteiger partial charge in [-0.15, -0.1) is 0 Å². The number of aliphatic hydroxyl groups excluding tert-OH is 1. The van der Waals surface area contributed by atoms with Crippen molar-refractivity contribution in [1.82, 2.24) is 6.15 Å². The van der Waals surface area contributed by atoms with E-state index in [1.807, 2.05) is 0 Å². The molecular weight excluding hydrogens is 110 g/mol. The molecule has 0 aliphatic rings. The zero-order valence-electron chi connectivity index (χ0n) is 4.89. The van der Waals surface area contributed by atoms with Crippen LogP contribution in [0.3, 0.4) is 0 Å². The van der Waals surface area contributed by atoms with E-state index in [0.717, 1.165) is 0 Å². The van der Waals surface area contributed by atoms with E-state index in [2.05, 4.69) is 4.74 Å². The summed E-state index contributed by atoms with van der Waals surface area (Å²) in [7, 11) is 0. The molecule has 0 radical (unpaired) electrons. The molecule has 4 N–H and O–H groups in total. The Balaban J connectivity index is 0. The standard InChI is InChI=1S/C4H8O3.H3N/c1-2-7-4(6)3-5;/h5H,2-3H2,1H3;1H3. The fourth-order valence-corrected chi connectivity index (χ4v) is 0.207. The van der Waals surface area contributed by atoms with Gasteiger partial charge in [0.25, 0.3) is 0 Å². The Morgan fingerprint density at radius 3 is 2.38 bits per heavy atom. The van der Waals surface area contributed by atoms with Crippen LogP contribution in [0.1, 0.15) is 6.92 Å². The Labute approximate surface area is 48.0 Å². The maximum Gasteiger partial charge on any atom is 0.331 e. The van der Waals surface area contributed by atoms with E-state index >= 15 is 0 Å². The molecule has 0 rings (SSSR count). The molecule has 4 heteroatoms. The molecule has 4 nitrogen and oxygen atoms in total. The van der Waals surface area contributed by atoms with Gasteiger partial charge in [0, 0.05) is 0 Å². The van der Waals surface area contributed by atoms with Gasteiger partial charge in [0.1, 0.15) is 6.61 Å². The number of aliphatic hydroxyl groups is 1. The lowest BCUT2D eigenvalue weighted by atomic mass is 10.7. The zero-order valence-corrected chi connectivity index (χ0v) is 4.89. The Morgan fingerprint density at radius 2 is 2.25 bits per heavy atom. The van der Waals surface area contributed by atoms with Crippen LogP contribution in [0.25, 0.3) is 0 Å². The van der Waals surface area contributed by atoms with Crippen molar-refractivity contribution < 1.29 is 14.6 Å². The van der Waals surface area contributed by atoms with Crippen molar-refractivity contribution in [2.24, 2.45) is 0 Å². The largest absolute Gasteiger partial charge is 0.464 e. The first-order valence-electron chi connectivity index (χ1n) is 2.07. The summed E-state index contributed by atoms with van der Waals surface area (Å²) in [6, 6.07) is 0. The monoisotopic (exact) mass is 121 g/mol. The summed E-state index contributed by atoms with van der Waals surface area (Å²) in [4.78, 5) is 9.94. The van der Waals surface area contributed by atoms with Crippen LogP contribution < -0.4 is 6.15 Å². The average molecular weight is 121 g/mol. The van der Waals surface area contributed by atoms with Crippen molar-refractivity contribution in [3.05, 3.63) is 0 Å². The number of rotatable bonds is 2. The minimum Gasteiger partial charge on any atom is -0.464 e. The molecule has 0 aliphatic carbocycles. The SMILES string of the molecule is CCOC(=O)CO.N. The Bertz CT molecular complexity index is 64.3. The molecular formula is C4H11NO3. The summed E-state index contributed by atoms with van der Waals surface area (Å²) in [6.07, 6.45) is 0. The molecule has 0 aliphatic heterocycles. The van der Waals surface area contributed by atoms with Gasteiger partial charge in [-0.05, 0) is 6.92 Å². The van der Waals surface area contributed by atoms with Crippen LogP contribution in [0.4, 0.5) is 0 Å². The molecule has 0 unspecified atom stereocenters. The highest BCUT2D eigenvalue weighted by Gasteiger charge is 1.92. The van der Waals surface area contributed by atoms with Crippen molar-refractivity contribution in [3.8, 4) is 0 Å². The fraction of sp³-hybridized carbons (Fsp3) is 0.750. The van der Waals surface area contributed by atoms with Gasteiger partial charge in [-0.25, -0.2) is 4.79 Å². The third kappa shape index (κ3) is 5.39. The van der Waals surface area contributed by atoms with Crippen molar-refractivity contribution in [2.45, 2.75) is 6.92 Å². The molecule has 0 amide bonds. The molecule has 0 aromatic heterocycles. The number of carbonyl (C=O) groups is 1. The molecule has 0 spiro atoms. The fourth-order valence-electron chi connectivity index (χ4n) is 0.207. The quantitative estimate of drug-likeness (QED) is 0.491. The molecule has 0 saturated carbocycles. The third-order valence-corrected chi connectivity index (χ3v) is 0.434. The Morgan fingerprint density at radius 1 is 1.75 bits per heavy atom. The summed E-state index contributed by atoms with van der Waals surface area (Å²) in [5, 5.41) is 7.99. The molecule has 8 heavy (non-hydrogen) atoms. The van der Waals surface area contributed by atoms with Gasteiger partial charge in [-0.3, -0.25) is 0 Å². The van der Waals surface area contributed by atoms with Crippen LogP contribution in [0.5, 0.6) is 0 Å². The van der Waals surface area contributed by atoms with E-state index in [1.165, 1.54) is 0 Å². The van der Waals surface area contributed by atoms with Gasteiger partial charge >= 0.3 is 5.97 Å². The predicted octanol–water partition coefficient (Wildman–Crippen LogP) is -0.296. The van der Waals surface area contributed by atoms with E-state index in [9.17, 15) is 4.79 Å². The van der Waals surface area contributed by atoms with Crippen LogP contribution in [0, 0.1) is 0 Å². The van der Waals surface area contributed by atoms with Crippen molar-refractivity contribution in [3.63, 3.8) is 0 Å². The Hall–Kier alpha value is -0.610. The van der Waals surface area contributed by atoms with Crippen molar-refractivity contribution in [2.75, 3.05) is 13.2 Å². The summed E-state index contributed by atoms with van der Waals surface area (Å²) in [5.41, 5.74) is 0.